The minimum atomic E-state index is -1.11. The van der Waals surface area contributed by atoms with Gasteiger partial charge in [-0.1, -0.05) is 42.5 Å². The minimum Gasteiger partial charge on any atom is -0.465 e. The van der Waals surface area contributed by atoms with Crippen LogP contribution in [0.3, 0.4) is 0 Å². The van der Waals surface area contributed by atoms with Crippen LogP contribution < -0.4 is 5.43 Å². The number of rotatable bonds is 8. The van der Waals surface area contributed by atoms with Crippen LogP contribution >= 0.6 is 0 Å². The Morgan fingerprint density at radius 2 is 1.04 bits per heavy atom. The summed E-state index contributed by atoms with van der Waals surface area (Å²) in [6, 6.07) is 20.8. The number of hydrogen-bond donors (Lipinski definition) is 2. The maximum Gasteiger partial charge on any atom is 0.411 e. The Hall–Kier alpha value is -11.7. The standard InChI is InChI=1S/C25H26FN3O4.C19H23N3O4.C12H20N2O3.C11H16N2O2.C10H17N3O3.C9H15NO3/c1-25(2,3)33-24(31)28-14-19-21(15-28)27-29(22(19)18-10-5-6-11-20(18)26)13-16-8-7-9-17(12-16)23(30)32-4;1-19(2,3)26-18(24)21-10-15-11-22(20-16(15)12-21)9-13-6-5-7-14(8-13)17(23)25-4;1-12(2,3)17-11(16)14-7-9(6-13(4)5)10(15)8-14;1-11(2,3)15-10(14)13-6-8-4-5-12-9(8)7-13;1-9(2,3)16-8(14)13-5-7-4-11-12-10(7,15)6-13;1-9(2,3)13-8(12)10-5-4-7(11)6-10/h5-12H,13-15H2,1-4H3;5-8,11H,9-10,12H2,1-4H3;6H,7-8H2,1-5H3;4H,5-7H2,1-3H3;4,7,12,15H,5-6H2,1-3H3;4-6H2,1-3H3/b;;9-6+;;;. The number of carbonyl (C=O) groups excluding carboxylic acids is 10. The number of esters is 2. The number of Topliss-reactive ketones (excluding diaryl/α,β-unsaturated/α-hetero) is 2. The van der Waals surface area contributed by atoms with Gasteiger partial charge in [0, 0.05) is 74.5 Å². The van der Waals surface area contributed by atoms with Crippen LogP contribution in [-0.4, -0.2) is 258 Å². The molecule has 0 aliphatic carbocycles. The van der Waals surface area contributed by atoms with Crippen molar-refractivity contribution in [3.05, 3.63) is 153 Å². The van der Waals surface area contributed by atoms with Gasteiger partial charge in [0.15, 0.2) is 17.3 Å². The number of carbonyl (C=O) groups is 10. The second-order valence-electron chi connectivity index (χ2n) is 36.0. The number of amides is 6. The fraction of sp³-hybridized carbons (Fsp3) is 0.535. The van der Waals surface area contributed by atoms with Gasteiger partial charge < -0.3 is 57.7 Å². The molecule has 4 saturated heterocycles. The molecule has 34 heteroatoms. The van der Waals surface area contributed by atoms with Crippen molar-refractivity contribution >= 4 is 72.0 Å². The van der Waals surface area contributed by atoms with Gasteiger partial charge in [-0.15, -0.1) is 0 Å². The van der Waals surface area contributed by atoms with Crippen molar-refractivity contribution in [1.82, 2.24) is 59.3 Å². The summed E-state index contributed by atoms with van der Waals surface area (Å²) >= 11 is 0. The van der Waals surface area contributed by atoms with Gasteiger partial charge in [-0.3, -0.25) is 49.0 Å². The Balaban J connectivity index is 0.000000185. The molecule has 8 aliphatic heterocycles. The highest BCUT2D eigenvalue weighted by Gasteiger charge is 2.50. The molecule has 0 spiro atoms. The number of hydrazone groups is 1. The van der Waals surface area contributed by atoms with Crippen molar-refractivity contribution in [2.75, 3.05) is 87.2 Å². The molecular formula is C86H117FN14O19. The quantitative estimate of drug-likeness (QED) is 0.0827. The van der Waals surface area contributed by atoms with E-state index in [-0.39, 0.29) is 74.2 Å². The van der Waals surface area contributed by atoms with Crippen molar-refractivity contribution in [1.29, 1.82) is 0 Å². The van der Waals surface area contributed by atoms with Crippen LogP contribution in [0.2, 0.25) is 0 Å². The minimum absolute atomic E-state index is 0.0236. The van der Waals surface area contributed by atoms with Crippen LogP contribution in [-0.2, 0) is 86.8 Å². The zero-order chi connectivity index (χ0) is 88.9. The predicted molar refractivity (Wildman–Crippen MR) is 443 cm³/mol. The summed E-state index contributed by atoms with van der Waals surface area (Å²) in [5, 5.41) is 23.1. The lowest BCUT2D eigenvalue weighted by molar-refractivity contribution is -0.117. The van der Waals surface area contributed by atoms with E-state index in [0.29, 0.717) is 99.0 Å². The summed E-state index contributed by atoms with van der Waals surface area (Å²) in [6.45, 7) is 39.0. The largest absolute Gasteiger partial charge is 0.465 e. The summed E-state index contributed by atoms with van der Waals surface area (Å²) in [6.07, 6.45) is 5.60. The van der Waals surface area contributed by atoms with Crippen molar-refractivity contribution < 1.29 is 95.3 Å². The zero-order valence-electron chi connectivity index (χ0n) is 73.1. The third-order valence-electron chi connectivity index (χ3n) is 18.0. The maximum atomic E-state index is 14.8. The highest BCUT2D eigenvalue weighted by Crippen LogP contribution is 2.37. The lowest BCUT2D eigenvalue weighted by atomic mass is 10.0. The number of aliphatic imine (C=N–C) groups is 1. The van der Waals surface area contributed by atoms with E-state index < -0.39 is 69.7 Å². The second-order valence-corrected chi connectivity index (χ2v) is 36.0. The summed E-state index contributed by atoms with van der Waals surface area (Å²) in [7, 11) is 6.38. The molecule has 2 aromatic heterocycles. The lowest BCUT2D eigenvalue weighted by Crippen LogP contribution is -2.47. The van der Waals surface area contributed by atoms with Gasteiger partial charge in [-0.25, -0.2) is 42.7 Å². The van der Waals surface area contributed by atoms with E-state index in [4.69, 9.17) is 43.0 Å². The van der Waals surface area contributed by atoms with E-state index in [0.717, 1.165) is 40.2 Å². The van der Waals surface area contributed by atoms with E-state index in [2.05, 4.69) is 26.7 Å². The topological polar surface area (TPSA) is 360 Å². The van der Waals surface area contributed by atoms with Crippen molar-refractivity contribution in [2.24, 2.45) is 16.0 Å². The third-order valence-corrected chi connectivity index (χ3v) is 18.0. The molecule has 0 bridgehead atoms. The highest BCUT2D eigenvalue weighted by atomic mass is 19.1. The molecule has 120 heavy (non-hydrogen) atoms. The normalized spacial score (nSPS) is 17.9. The molecular weight excluding hydrogens is 1550 g/mol. The number of ether oxygens (including phenoxy) is 8. The first-order chi connectivity index (χ1) is 55.7. The number of ketones is 2. The number of hydrogen-bond acceptors (Lipinski definition) is 25. The van der Waals surface area contributed by atoms with Crippen LogP contribution in [0.15, 0.2) is 113 Å². The molecule has 652 valence electrons. The first-order valence-electron chi connectivity index (χ1n) is 39.5. The number of fused-ring (bicyclic) bond motifs is 4. The number of nitrogens with one attached hydrogen (secondary N) is 1. The molecule has 6 amide bonds. The predicted octanol–water partition coefficient (Wildman–Crippen LogP) is 11.9. The van der Waals surface area contributed by atoms with Crippen LogP contribution in [0.5, 0.6) is 0 Å². The average molecular weight is 1670 g/mol. The first kappa shape index (κ1) is 93.8. The Bertz CT molecular complexity index is 4690. The molecule has 2 unspecified atom stereocenters. The van der Waals surface area contributed by atoms with E-state index in [1.54, 1.807) is 106 Å². The molecule has 0 saturated carbocycles. The lowest BCUT2D eigenvalue weighted by Gasteiger charge is -2.25. The Morgan fingerprint density at radius 3 is 1.52 bits per heavy atom. The average Bonchev–Trinajstić information content (AvgIpc) is 1.60. The number of methoxy groups -OCH3 is 2. The second kappa shape index (κ2) is 38.6. The van der Waals surface area contributed by atoms with Gasteiger partial charge in [0.25, 0.3) is 0 Å². The number of likely N-dealkylation sites (tertiary alicyclic amines) is 4. The molecule has 5 aromatic rings. The maximum absolute atomic E-state index is 14.8. The van der Waals surface area contributed by atoms with Crippen molar-refractivity contribution in [3.63, 3.8) is 0 Å². The van der Waals surface area contributed by atoms with Gasteiger partial charge in [0.05, 0.1) is 139 Å². The molecule has 2 atom stereocenters. The summed E-state index contributed by atoms with van der Waals surface area (Å²) in [5.74, 6) is -1.24. The number of aromatic nitrogens is 4. The van der Waals surface area contributed by atoms with Crippen molar-refractivity contribution in [2.45, 2.75) is 210 Å². The molecule has 2 N–H and O–H groups in total. The number of nitrogens with zero attached hydrogens (tertiary/aromatic N) is 13. The number of halogens is 1. The number of aliphatic hydroxyl groups is 1. The van der Waals surface area contributed by atoms with Gasteiger partial charge in [-0.05, 0) is 178 Å². The van der Waals surface area contributed by atoms with Crippen LogP contribution in [0.4, 0.5) is 33.2 Å². The highest BCUT2D eigenvalue weighted by molar-refractivity contribution is 6.07. The van der Waals surface area contributed by atoms with Gasteiger partial charge in [0.2, 0.25) is 0 Å². The van der Waals surface area contributed by atoms with Gasteiger partial charge in [0.1, 0.15) is 39.4 Å². The fourth-order valence-electron chi connectivity index (χ4n) is 12.9. The number of β-amino-alcohol motifs (C(OH)–C–C–N with tert-alkyl or cyclic N) is 1. The first-order valence-corrected chi connectivity index (χ1v) is 39.5. The molecule has 0 radical (unpaired) electrons. The van der Waals surface area contributed by atoms with Gasteiger partial charge >= 0.3 is 48.5 Å². The molecule has 10 heterocycles. The Kier molecular flexibility index (Phi) is 30.1. The van der Waals surface area contributed by atoms with Crippen LogP contribution in [0.25, 0.3) is 11.3 Å². The molecule has 33 nitrogen and oxygen atoms in total. The monoisotopic (exact) mass is 1670 g/mol. The van der Waals surface area contributed by atoms with Crippen molar-refractivity contribution in [3.8, 4) is 11.3 Å². The Labute approximate surface area is 700 Å². The Morgan fingerprint density at radius 1 is 0.558 bits per heavy atom. The smallest absolute Gasteiger partial charge is 0.411 e. The molecule has 8 aliphatic rings. The summed E-state index contributed by atoms with van der Waals surface area (Å²) in [4.78, 5) is 133. The van der Waals surface area contributed by atoms with Gasteiger partial charge in [-0.2, -0.15) is 15.3 Å². The molecule has 13 rings (SSSR count). The number of benzene rings is 3. The summed E-state index contributed by atoms with van der Waals surface area (Å²) in [5.41, 5.74) is 8.39. The SMILES string of the molecule is CC(C)(C)OC(=O)N1CC2=CCN=C2C1.CC(C)(C)OC(=O)N1CC2C=NNC2(O)C1.CC(C)(C)OC(=O)N1CCC(=O)C1.CN(C)/C=C1\CN(C(=O)OC(C)(C)C)CC1=O.COC(=O)c1cccc(Cn2cc3c(n2)CN(C(=O)OC(C)(C)C)C3)c1.COC(=O)c1cccc(Cn2nc3c(c2-c2ccccc2F)CN(C(=O)OC(C)(C)C)C3)c1. The van der Waals surface area contributed by atoms with Crippen LogP contribution in [0, 0.1) is 11.7 Å². The fourth-order valence-corrected chi connectivity index (χ4v) is 12.9. The van der Waals surface area contributed by atoms with Crippen LogP contribution in [0.1, 0.15) is 185 Å². The van der Waals surface area contributed by atoms with E-state index in [1.165, 1.54) is 40.6 Å². The van der Waals surface area contributed by atoms with E-state index in [1.807, 2.05) is 147 Å². The molecule has 3 aromatic carbocycles. The zero-order valence-corrected chi connectivity index (χ0v) is 73.1. The summed E-state index contributed by atoms with van der Waals surface area (Å²) < 4.78 is 59.7. The van der Waals surface area contributed by atoms with E-state index in [9.17, 15) is 57.4 Å². The molecule has 4 fully saturated rings. The third kappa shape index (κ3) is 27.7. The van der Waals surface area contributed by atoms with E-state index >= 15 is 0 Å².